The number of aldehydes is 1. The van der Waals surface area contributed by atoms with Gasteiger partial charge in [-0.2, -0.15) is 5.26 Å². The molecule has 14 heavy (non-hydrogen) atoms. The van der Waals surface area contributed by atoms with Gasteiger partial charge in [0.05, 0.1) is 11.8 Å². The average molecular weight is 251 g/mol. The molecule has 2 heterocycles. The fourth-order valence-corrected chi connectivity index (χ4v) is 1.50. The molecule has 0 fully saturated rings. The zero-order valence-corrected chi connectivity index (χ0v) is 8.39. The van der Waals surface area contributed by atoms with Gasteiger partial charge in [-0.15, -0.1) is 0 Å². The van der Waals surface area contributed by atoms with Crippen molar-refractivity contribution in [1.82, 2.24) is 14.4 Å². The minimum absolute atomic E-state index is 0.271. The third kappa shape index (κ3) is 1.18. The van der Waals surface area contributed by atoms with Crippen molar-refractivity contribution in [3.8, 4) is 6.07 Å². The largest absolute Gasteiger partial charge is 0.296 e. The summed E-state index contributed by atoms with van der Waals surface area (Å²) in [6, 6.07) is 1.95. The number of halogens is 1. The van der Waals surface area contributed by atoms with E-state index in [0.29, 0.717) is 22.2 Å². The Bertz CT molecular complexity index is 554. The van der Waals surface area contributed by atoms with Gasteiger partial charge in [0.2, 0.25) is 5.78 Å². The van der Waals surface area contributed by atoms with E-state index >= 15 is 0 Å². The monoisotopic (exact) mass is 250 g/mol. The number of imidazole rings is 1. The van der Waals surface area contributed by atoms with E-state index in [1.54, 1.807) is 10.6 Å². The summed E-state index contributed by atoms with van der Waals surface area (Å²) in [7, 11) is 0. The van der Waals surface area contributed by atoms with Gasteiger partial charge in [-0.25, -0.2) is 9.97 Å². The van der Waals surface area contributed by atoms with Gasteiger partial charge in [-0.3, -0.25) is 9.20 Å². The molecule has 0 unspecified atom stereocenters. The van der Waals surface area contributed by atoms with Gasteiger partial charge in [0.15, 0.2) is 6.29 Å². The lowest BCUT2D eigenvalue weighted by Gasteiger charge is -1.93. The molecule has 0 aliphatic rings. The quantitative estimate of drug-likeness (QED) is 0.713. The van der Waals surface area contributed by atoms with Crippen molar-refractivity contribution in [2.45, 2.75) is 0 Å². The van der Waals surface area contributed by atoms with Crippen molar-refractivity contribution >= 4 is 28.0 Å². The highest BCUT2D eigenvalue weighted by molar-refractivity contribution is 9.10. The summed E-state index contributed by atoms with van der Waals surface area (Å²) in [5, 5.41) is 8.64. The van der Waals surface area contributed by atoms with Gasteiger partial charge < -0.3 is 0 Å². The molecule has 0 saturated carbocycles. The second kappa shape index (κ2) is 3.20. The molecule has 0 aliphatic heterocycles. The fraction of sp³-hybridized carbons (Fsp3) is 0. The van der Waals surface area contributed by atoms with E-state index in [-0.39, 0.29) is 5.69 Å². The molecule has 2 rings (SSSR count). The van der Waals surface area contributed by atoms with Crippen LogP contribution in [0, 0.1) is 11.3 Å². The summed E-state index contributed by atoms with van der Waals surface area (Å²) in [6.45, 7) is 0. The van der Waals surface area contributed by atoms with E-state index < -0.39 is 0 Å². The van der Waals surface area contributed by atoms with Crippen LogP contribution in [0.5, 0.6) is 0 Å². The van der Waals surface area contributed by atoms with Crippen LogP contribution in [0.25, 0.3) is 5.78 Å². The van der Waals surface area contributed by atoms with Crippen LogP contribution in [0.4, 0.5) is 0 Å². The Morgan fingerprint density at radius 1 is 1.64 bits per heavy atom. The Labute approximate surface area is 87.1 Å². The summed E-state index contributed by atoms with van der Waals surface area (Å²) in [5.74, 6) is 0.387. The van der Waals surface area contributed by atoms with Crippen molar-refractivity contribution in [2.75, 3.05) is 0 Å². The van der Waals surface area contributed by atoms with Gasteiger partial charge in [-0.05, 0) is 15.9 Å². The first kappa shape index (κ1) is 8.84. The average Bonchev–Trinajstić information content (AvgIpc) is 2.55. The van der Waals surface area contributed by atoms with Crippen LogP contribution in [-0.4, -0.2) is 20.7 Å². The Kier molecular flexibility index (Phi) is 2.02. The van der Waals surface area contributed by atoms with E-state index in [2.05, 4.69) is 25.9 Å². The standard InChI is InChI=1S/C8H3BrN4O/c9-7-6(4-14)12-8-11-2-5(1-10)3-13(7)8/h2-4H. The molecule has 6 heteroatoms. The smallest absolute Gasteiger partial charge is 0.235 e. The molecule has 5 nitrogen and oxygen atoms in total. The third-order valence-electron chi connectivity index (χ3n) is 1.69. The second-order valence-corrected chi connectivity index (χ2v) is 3.28. The van der Waals surface area contributed by atoms with Crippen LogP contribution in [0.1, 0.15) is 16.1 Å². The number of carbonyl (C=O) groups is 1. The zero-order valence-electron chi connectivity index (χ0n) is 6.81. The van der Waals surface area contributed by atoms with Crippen molar-refractivity contribution in [2.24, 2.45) is 0 Å². The van der Waals surface area contributed by atoms with Gasteiger partial charge in [0, 0.05) is 6.20 Å². The first-order chi connectivity index (χ1) is 6.76. The summed E-state index contributed by atoms with van der Waals surface area (Å²) in [6.07, 6.45) is 3.60. The predicted molar refractivity (Wildman–Crippen MR) is 50.8 cm³/mol. The SMILES string of the molecule is N#Cc1cnc2nc(C=O)c(Br)n2c1. The predicted octanol–water partition coefficient (Wildman–Crippen LogP) is 1.18. The maximum atomic E-state index is 10.6. The van der Waals surface area contributed by atoms with Gasteiger partial charge in [0.1, 0.15) is 16.4 Å². The van der Waals surface area contributed by atoms with E-state index in [1.807, 2.05) is 6.07 Å². The number of hydrogen-bond acceptors (Lipinski definition) is 4. The van der Waals surface area contributed by atoms with Crippen LogP contribution >= 0.6 is 15.9 Å². The first-order valence-electron chi connectivity index (χ1n) is 3.65. The van der Waals surface area contributed by atoms with Crippen LogP contribution in [0.15, 0.2) is 17.0 Å². The molecule has 68 valence electrons. The first-order valence-corrected chi connectivity index (χ1v) is 4.44. The Morgan fingerprint density at radius 2 is 2.43 bits per heavy atom. The number of aromatic nitrogens is 3. The summed E-state index contributed by atoms with van der Waals surface area (Å²) in [4.78, 5) is 18.4. The zero-order chi connectivity index (χ0) is 10.1. The molecule has 0 atom stereocenters. The third-order valence-corrected chi connectivity index (χ3v) is 2.48. The molecule has 0 aromatic carbocycles. The van der Waals surface area contributed by atoms with Gasteiger partial charge >= 0.3 is 0 Å². The van der Waals surface area contributed by atoms with E-state index in [1.165, 1.54) is 6.20 Å². The molecule has 0 N–H and O–H groups in total. The maximum absolute atomic E-state index is 10.6. The highest BCUT2D eigenvalue weighted by atomic mass is 79.9. The molecule has 2 aromatic rings. The molecule has 0 bridgehead atoms. The number of hydrogen-bond donors (Lipinski definition) is 0. The number of nitriles is 1. The number of carbonyl (C=O) groups excluding carboxylic acids is 1. The number of nitrogens with zero attached hydrogens (tertiary/aromatic N) is 4. The Morgan fingerprint density at radius 3 is 3.07 bits per heavy atom. The van der Waals surface area contributed by atoms with Crippen molar-refractivity contribution in [3.05, 3.63) is 28.3 Å². The summed E-state index contributed by atoms with van der Waals surface area (Å²) in [5.41, 5.74) is 0.681. The molecular formula is C8H3BrN4O. The molecule has 0 spiro atoms. The minimum Gasteiger partial charge on any atom is -0.296 e. The fourth-order valence-electron chi connectivity index (χ4n) is 1.06. The topological polar surface area (TPSA) is 71.0 Å². The van der Waals surface area contributed by atoms with E-state index in [4.69, 9.17) is 5.26 Å². The molecular weight excluding hydrogens is 248 g/mol. The van der Waals surface area contributed by atoms with Crippen LogP contribution < -0.4 is 0 Å². The van der Waals surface area contributed by atoms with E-state index in [0.717, 1.165) is 0 Å². The Balaban J connectivity index is 2.82. The lowest BCUT2D eigenvalue weighted by molar-refractivity contribution is 0.111. The van der Waals surface area contributed by atoms with E-state index in [9.17, 15) is 4.79 Å². The molecule has 0 aliphatic carbocycles. The van der Waals surface area contributed by atoms with Crippen molar-refractivity contribution < 1.29 is 4.79 Å². The second-order valence-electron chi connectivity index (χ2n) is 2.53. The molecule has 0 radical (unpaired) electrons. The van der Waals surface area contributed by atoms with Crippen LogP contribution in [0.3, 0.4) is 0 Å². The van der Waals surface area contributed by atoms with Gasteiger partial charge in [-0.1, -0.05) is 0 Å². The van der Waals surface area contributed by atoms with Crippen molar-refractivity contribution in [1.29, 1.82) is 5.26 Å². The highest BCUT2D eigenvalue weighted by Crippen LogP contribution is 2.16. The summed E-state index contributed by atoms with van der Waals surface area (Å²) < 4.78 is 2.05. The van der Waals surface area contributed by atoms with Gasteiger partial charge in [0.25, 0.3) is 0 Å². The lowest BCUT2D eigenvalue weighted by atomic mass is 10.4. The number of rotatable bonds is 1. The normalized spacial score (nSPS) is 10.0. The summed E-state index contributed by atoms with van der Waals surface area (Å²) >= 11 is 3.20. The van der Waals surface area contributed by atoms with Crippen LogP contribution in [0.2, 0.25) is 0 Å². The molecule has 2 aromatic heterocycles. The molecule has 0 amide bonds. The Hall–Kier alpha value is -1.74. The maximum Gasteiger partial charge on any atom is 0.235 e. The minimum atomic E-state index is 0.271. The number of fused-ring (bicyclic) bond motifs is 1. The molecule has 0 saturated heterocycles. The highest BCUT2D eigenvalue weighted by Gasteiger charge is 2.09. The lowest BCUT2D eigenvalue weighted by Crippen LogP contribution is -1.90. The van der Waals surface area contributed by atoms with Crippen molar-refractivity contribution in [3.63, 3.8) is 0 Å². The van der Waals surface area contributed by atoms with Crippen LogP contribution in [-0.2, 0) is 0 Å².